The van der Waals surface area contributed by atoms with Gasteiger partial charge in [0.05, 0.1) is 4.90 Å². The lowest BCUT2D eigenvalue weighted by atomic mass is 10.2. The van der Waals surface area contributed by atoms with Gasteiger partial charge in [0.25, 0.3) is 0 Å². The first-order valence-electron chi connectivity index (χ1n) is 5.82. The fourth-order valence-electron chi connectivity index (χ4n) is 1.82. The molecule has 0 aromatic heterocycles. The van der Waals surface area contributed by atoms with E-state index in [0.29, 0.717) is 0 Å². The Labute approximate surface area is 120 Å². The van der Waals surface area contributed by atoms with Gasteiger partial charge in [-0.05, 0) is 43.5 Å². The topological polar surface area (TPSA) is 74.7 Å². The number of halogens is 1. The molecular formula is C12H14BrNO4S. The quantitative estimate of drug-likeness (QED) is 0.883. The highest BCUT2D eigenvalue weighted by Crippen LogP contribution is 2.32. The summed E-state index contributed by atoms with van der Waals surface area (Å²) in [5, 5.41) is 8.86. The van der Waals surface area contributed by atoms with Gasteiger partial charge in [0.1, 0.15) is 6.54 Å². The molecule has 0 spiro atoms. The Balaban J connectivity index is 2.38. The molecule has 1 aromatic rings. The van der Waals surface area contributed by atoms with E-state index in [0.717, 1.165) is 27.2 Å². The highest BCUT2D eigenvalue weighted by molar-refractivity contribution is 9.10. The van der Waals surface area contributed by atoms with Crippen molar-refractivity contribution in [3.63, 3.8) is 0 Å². The van der Waals surface area contributed by atoms with Crippen molar-refractivity contribution in [1.82, 2.24) is 4.31 Å². The van der Waals surface area contributed by atoms with Crippen LogP contribution in [0.4, 0.5) is 0 Å². The summed E-state index contributed by atoms with van der Waals surface area (Å²) in [6.07, 6.45) is 1.45. The predicted octanol–water partition coefficient (Wildman–Crippen LogP) is 2.00. The summed E-state index contributed by atoms with van der Waals surface area (Å²) in [6, 6.07) is 4.53. The largest absolute Gasteiger partial charge is 0.480 e. The van der Waals surface area contributed by atoms with Crippen LogP contribution in [0, 0.1) is 6.92 Å². The molecule has 0 unspecified atom stereocenters. The summed E-state index contributed by atoms with van der Waals surface area (Å²) in [4.78, 5) is 11.0. The second-order valence-electron chi connectivity index (χ2n) is 4.59. The van der Waals surface area contributed by atoms with Crippen LogP contribution in [0.2, 0.25) is 0 Å². The molecule has 0 atom stereocenters. The average Bonchev–Trinajstić information content (AvgIpc) is 3.13. The highest BCUT2D eigenvalue weighted by Gasteiger charge is 2.39. The SMILES string of the molecule is Cc1cc(S(=O)(=O)N(CC(=O)O)C2CC2)ccc1Br. The van der Waals surface area contributed by atoms with E-state index in [1.807, 2.05) is 0 Å². The maximum Gasteiger partial charge on any atom is 0.318 e. The van der Waals surface area contributed by atoms with Crippen LogP contribution in [-0.2, 0) is 14.8 Å². The minimum atomic E-state index is -3.74. The monoisotopic (exact) mass is 347 g/mol. The number of carboxylic acids is 1. The predicted molar refractivity (Wildman–Crippen MR) is 73.4 cm³/mol. The molecule has 7 heteroatoms. The highest BCUT2D eigenvalue weighted by atomic mass is 79.9. The van der Waals surface area contributed by atoms with Crippen LogP contribution in [0.15, 0.2) is 27.6 Å². The molecule has 1 aliphatic rings. The zero-order valence-corrected chi connectivity index (χ0v) is 12.7. The van der Waals surface area contributed by atoms with Crippen molar-refractivity contribution in [1.29, 1.82) is 0 Å². The van der Waals surface area contributed by atoms with Crippen molar-refractivity contribution >= 4 is 31.9 Å². The normalized spacial score (nSPS) is 15.7. The number of carboxylic acid groups (broad SMARTS) is 1. The summed E-state index contributed by atoms with van der Waals surface area (Å²) in [5.41, 5.74) is 0.798. The van der Waals surface area contributed by atoms with Crippen LogP contribution >= 0.6 is 15.9 Å². The molecule has 2 rings (SSSR count). The Hall–Kier alpha value is -0.920. The molecule has 0 radical (unpaired) electrons. The Kier molecular flexibility index (Phi) is 3.98. The van der Waals surface area contributed by atoms with E-state index in [1.165, 1.54) is 6.07 Å². The van der Waals surface area contributed by atoms with Crippen molar-refractivity contribution < 1.29 is 18.3 Å². The molecular weight excluding hydrogens is 334 g/mol. The first-order valence-corrected chi connectivity index (χ1v) is 8.05. The van der Waals surface area contributed by atoms with Gasteiger partial charge < -0.3 is 5.11 Å². The van der Waals surface area contributed by atoms with Crippen molar-refractivity contribution in [2.24, 2.45) is 0 Å². The van der Waals surface area contributed by atoms with Crippen molar-refractivity contribution in [2.75, 3.05) is 6.54 Å². The molecule has 1 aliphatic carbocycles. The van der Waals surface area contributed by atoms with Gasteiger partial charge in [-0.2, -0.15) is 4.31 Å². The third kappa shape index (κ3) is 3.16. The third-order valence-corrected chi connectivity index (χ3v) is 5.77. The molecule has 0 bridgehead atoms. The van der Waals surface area contributed by atoms with E-state index in [-0.39, 0.29) is 10.9 Å². The van der Waals surface area contributed by atoms with Crippen LogP contribution < -0.4 is 0 Å². The molecule has 19 heavy (non-hydrogen) atoms. The first kappa shape index (κ1) is 14.5. The zero-order valence-electron chi connectivity index (χ0n) is 10.3. The molecule has 0 saturated heterocycles. The standard InChI is InChI=1S/C12H14BrNO4S/c1-8-6-10(4-5-11(8)13)19(17,18)14(7-12(15)16)9-2-3-9/h4-6,9H,2-3,7H2,1H3,(H,15,16). The molecule has 0 amide bonds. The molecule has 5 nitrogen and oxygen atoms in total. The molecule has 0 aliphatic heterocycles. The van der Waals surface area contributed by atoms with Gasteiger partial charge >= 0.3 is 5.97 Å². The number of carbonyl (C=O) groups is 1. The second kappa shape index (κ2) is 5.22. The third-order valence-electron chi connectivity index (χ3n) is 2.98. The van der Waals surface area contributed by atoms with Crippen molar-refractivity contribution in [3.05, 3.63) is 28.2 Å². The maximum absolute atomic E-state index is 12.5. The molecule has 1 N–H and O–H groups in total. The summed E-state index contributed by atoms with van der Waals surface area (Å²) < 4.78 is 26.8. The smallest absolute Gasteiger partial charge is 0.318 e. The molecule has 104 valence electrons. The fourth-order valence-corrected chi connectivity index (χ4v) is 3.79. The number of nitrogens with zero attached hydrogens (tertiary/aromatic N) is 1. The van der Waals surface area contributed by atoms with E-state index < -0.39 is 22.5 Å². The molecule has 1 fully saturated rings. The van der Waals surface area contributed by atoms with E-state index in [9.17, 15) is 13.2 Å². The second-order valence-corrected chi connectivity index (χ2v) is 7.33. The van der Waals surface area contributed by atoms with Crippen LogP contribution in [0.1, 0.15) is 18.4 Å². The zero-order chi connectivity index (χ0) is 14.2. The molecule has 1 aromatic carbocycles. The molecule has 1 saturated carbocycles. The Bertz CT molecular complexity index is 610. The number of hydrogen-bond acceptors (Lipinski definition) is 3. The number of benzene rings is 1. The number of hydrogen-bond donors (Lipinski definition) is 1. The summed E-state index contributed by atoms with van der Waals surface area (Å²) in [5.74, 6) is -1.13. The van der Waals surface area contributed by atoms with E-state index in [1.54, 1.807) is 19.1 Å². The summed E-state index contributed by atoms with van der Waals surface area (Å²) in [6.45, 7) is 1.31. The van der Waals surface area contributed by atoms with Gasteiger partial charge in [-0.3, -0.25) is 4.79 Å². The fraction of sp³-hybridized carbons (Fsp3) is 0.417. The number of sulfonamides is 1. The lowest BCUT2D eigenvalue weighted by molar-refractivity contribution is -0.137. The Morgan fingerprint density at radius 3 is 2.58 bits per heavy atom. The summed E-state index contributed by atoms with van der Waals surface area (Å²) in [7, 11) is -3.74. The van der Waals surface area contributed by atoms with Crippen molar-refractivity contribution in [3.8, 4) is 0 Å². The van der Waals surface area contributed by atoms with Gasteiger partial charge in [-0.15, -0.1) is 0 Å². The van der Waals surface area contributed by atoms with Gasteiger partial charge in [0, 0.05) is 10.5 Å². The average molecular weight is 348 g/mol. The van der Waals surface area contributed by atoms with E-state index in [2.05, 4.69) is 15.9 Å². The Morgan fingerprint density at radius 1 is 1.47 bits per heavy atom. The van der Waals surface area contributed by atoms with Crippen LogP contribution in [0.25, 0.3) is 0 Å². The van der Waals surface area contributed by atoms with Crippen molar-refractivity contribution in [2.45, 2.75) is 30.7 Å². The summed E-state index contributed by atoms with van der Waals surface area (Å²) >= 11 is 3.31. The maximum atomic E-state index is 12.5. The van der Waals surface area contributed by atoms with Gasteiger partial charge in [0.15, 0.2) is 0 Å². The van der Waals surface area contributed by atoms with Crippen LogP contribution in [0.5, 0.6) is 0 Å². The molecule has 0 heterocycles. The lowest BCUT2D eigenvalue weighted by Gasteiger charge is -2.20. The Morgan fingerprint density at radius 2 is 2.11 bits per heavy atom. The number of aliphatic carboxylic acids is 1. The van der Waals surface area contributed by atoms with Gasteiger partial charge in [-0.1, -0.05) is 15.9 Å². The van der Waals surface area contributed by atoms with E-state index in [4.69, 9.17) is 5.11 Å². The van der Waals surface area contributed by atoms with E-state index >= 15 is 0 Å². The minimum absolute atomic E-state index is 0.140. The number of aryl methyl sites for hydroxylation is 1. The first-order chi connectivity index (χ1) is 8.82. The van der Waals surface area contributed by atoms with Crippen LogP contribution in [-0.4, -0.2) is 36.4 Å². The lowest BCUT2D eigenvalue weighted by Crippen LogP contribution is -2.37. The van der Waals surface area contributed by atoms with Gasteiger partial charge in [0.2, 0.25) is 10.0 Å². The van der Waals surface area contributed by atoms with Gasteiger partial charge in [-0.25, -0.2) is 8.42 Å². The minimum Gasteiger partial charge on any atom is -0.480 e. The number of rotatable bonds is 5. The van der Waals surface area contributed by atoms with Crippen LogP contribution in [0.3, 0.4) is 0 Å².